The van der Waals surface area contributed by atoms with Crippen molar-refractivity contribution in [2.75, 3.05) is 13.7 Å². The number of hydrogen-bond acceptors (Lipinski definition) is 9. The number of amides is 2. The van der Waals surface area contributed by atoms with Crippen molar-refractivity contribution in [3.05, 3.63) is 23.9 Å². The highest BCUT2D eigenvalue weighted by Crippen LogP contribution is 2.40. The van der Waals surface area contributed by atoms with Crippen molar-refractivity contribution in [3.63, 3.8) is 0 Å². The summed E-state index contributed by atoms with van der Waals surface area (Å²) in [6, 6.07) is 3.02. The van der Waals surface area contributed by atoms with Gasteiger partial charge in [0.05, 0.1) is 30.7 Å². The SMILES string of the molecule is CC[C@@H]1[C@@H]2CN(C(=O)[C@H](C(C)(C)C)NC(=O)O[C@@H]3C[C@H]3CC(=O)C(F)(F)CCc3nc4ccc(OC)cc4nc3O2)[C@@H]1C=O. The second-order valence-electron chi connectivity index (χ2n) is 12.9. The van der Waals surface area contributed by atoms with E-state index in [1.54, 1.807) is 39.0 Å². The first-order chi connectivity index (χ1) is 20.7. The Morgan fingerprint density at radius 2 is 1.89 bits per heavy atom. The number of benzene rings is 1. The number of hydrogen-bond donors (Lipinski definition) is 1. The largest absolute Gasteiger partial charge is 0.497 e. The molecule has 0 spiro atoms. The van der Waals surface area contributed by atoms with Gasteiger partial charge in [-0.25, -0.2) is 14.8 Å². The minimum absolute atomic E-state index is 0.0132. The van der Waals surface area contributed by atoms with Crippen LogP contribution in [0.15, 0.2) is 18.2 Å². The number of Topliss-reactive ketones (excluding diaryl/α,β-unsaturated/α-hetero) is 1. The first kappa shape index (κ1) is 31.5. The second-order valence-corrected chi connectivity index (χ2v) is 12.9. The van der Waals surface area contributed by atoms with Gasteiger partial charge in [-0.05, 0) is 30.4 Å². The maximum atomic E-state index is 15.1. The highest BCUT2D eigenvalue weighted by Gasteiger charge is 2.50. The molecule has 1 aromatic carbocycles. The van der Waals surface area contributed by atoms with Crippen LogP contribution in [0, 0.1) is 17.3 Å². The van der Waals surface area contributed by atoms with E-state index in [1.807, 2.05) is 6.92 Å². The van der Waals surface area contributed by atoms with Gasteiger partial charge in [0.15, 0.2) is 0 Å². The molecule has 1 N–H and O–H groups in total. The van der Waals surface area contributed by atoms with Crippen LogP contribution in [0.5, 0.6) is 11.6 Å². The van der Waals surface area contributed by atoms with Crippen molar-refractivity contribution in [1.29, 1.82) is 0 Å². The van der Waals surface area contributed by atoms with Gasteiger partial charge in [0.25, 0.3) is 0 Å². The van der Waals surface area contributed by atoms with Crippen molar-refractivity contribution in [2.45, 2.75) is 90.0 Å². The van der Waals surface area contributed by atoms with E-state index >= 15 is 8.78 Å². The van der Waals surface area contributed by atoms with E-state index in [9.17, 15) is 19.2 Å². The van der Waals surface area contributed by atoms with Gasteiger partial charge in [0, 0.05) is 37.2 Å². The van der Waals surface area contributed by atoms with Crippen molar-refractivity contribution in [2.24, 2.45) is 17.3 Å². The summed E-state index contributed by atoms with van der Waals surface area (Å²) in [4.78, 5) is 62.5. The zero-order chi connectivity index (χ0) is 32.0. The smallest absolute Gasteiger partial charge is 0.408 e. The normalized spacial score (nSPS) is 29.3. The molecule has 2 fully saturated rings. The van der Waals surface area contributed by atoms with Crippen molar-refractivity contribution in [3.8, 4) is 11.6 Å². The number of carbonyl (C=O) groups excluding carboxylic acids is 4. The predicted molar refractivity (Wildman–Crippen MR) is 153 cm³/mol. The lowest BCUT2D eigenvalue weighted by Crippen LogP contribution is -2.56. The van der Waals surface area contributed by atoms with Crippen LogP contribution in [0.3, 0.4) is 0 Å². The molecule has 1 saturated heterocycles. The summed E-state index contributed by atoms with van der Waals surface area (Å²) in [5.41, 5.74) is 0.176. The molecule has 0 unspecified atom stereocenters. The van der Waals surface area contributed by atoms with Gasteiger partial charge < -0.3 is 29.2 Å². The average Bonchev–Trinajstić information content (AvgIpc) is 3.59. The van der Waals surface area contributed by atoms with E-state index in [-0.39, 0.29) is 31.0 Å². The van der Waals surface area contributed by atoms with Crippen LogP contribution in [0.2, 0.25) is 0 Å². The minimum atomic E-state index is -3.66. The average molecular weight is 617 g/mol. The molecule has 2 aliphatic heterocycles. The van der Waals surface area contributed by atoms with Crippen LogP contribution in [0.25, 0.3) is 11.0 Å². The lowest BCUT2D eigenvalue weighted by molar-refractivity contribution is -0.144. The number of methoxy groups -OCH3 is 1. The van der Waals surface area contributed by atoms with Crippen molar-refractivity contribution < 1.29 is 42.2 Å². The molecule has 1 aliphatic carbocycles. The van der Waals surface area contributed by atoms with Crippen LogP contribution in [-0.4, -0.2) is 82.8 Å². The van der Waals surface area contributed by atoms with E-state index < -0.39 is 78.1 Å². The highest BCUT2D eigenvalue weighted by atomic mass is 19.3. The Bertz CT molecular complexity index is 1460. The summed E-state index contributed by atoms with van der Waals surface area (Å²) in [5, 5.41) is 2.63. The standard InChI is InChI=1S/C31H38F2N4O7/c1-6-18-22(15-38)37-14-24(18)43-27-20(34-19-8-7-17(42-5)13-21(19)35-27)9-10-31(32,33)25(39)12-16-11-23(16)44-29(41)36-26(28(37)40)30(2,3)4/h7-8,13,15-16,18,22-24,26H,6,9-12,14H2,1-5H3,(H,36,41)/t16-,18-,22+,23+,24-,26+/m0/s1. The quantitative estimate of drug-likeness (QED) is 0.509. The Balaban J connectivity index is 1.57. The topological polar surface area (TPSA) is 137 Å². The summed E-state index contributed by atoms with van der Waals surface area (Å²) in [5.74, 6) is -5.89. The number of fused-ring (bicyclic) bond motifs is 5. The van der Waals surface area contributed by atoms with E-state index in [1.165, 1.54) is 12.0 Å². The minimum Gasteiger partial charge on any atom is -0.497 e. The number of halogens is 2. The Morgan fingerprint density at radius 3 is 2.55 bits per heavy atom. The van der Waals surface area contributed by atoms with Crippen molar-refractivity contribution in [1.82, 2.24) is 20.2 Å². The predicted octanol–water partition coefficient (Wildman–Crippen LogP) is 3.89. The van der Waals surface area contributed by atoms with Crippen LogP contribution < -0.4 is 14.8 Å². The fraction of sp³-hybridized carbons (Fsp3) is 0.613. The van der Waals surface area contributed by atoms with Crippen LogP contribution in [0.1, 0.15) is 59.1 Å². The molecule has 238 valence electrons. The number of carbonyl (C=O) groups is 4. The van der Waals surface area contributed by atoms with E-state index in [0.29, 0.717) is 29.5 Å². The zero-order valence-corrected chi connectivity index (χ0v) is 25.5. The molecule has 1 aromatic heterocycles. The molecule has 2 amide bonds. The molecule has 2 aromatic rings. The molecular weight excluding hydrogens is 578 g/mol. The summed E-state index contributed by atoms with van der Waals surface area (Å²) in [6.07, 6.45) is -2.53. The molecule has 5 rings (SSSR count). The third kappa shape index (κ3) is 6.32. The highest BCUT2D eigenvalue weighted by molar-refractivity contribution is 5.89. The molecular formula is C31H38F2N4O7. The lowest BCUT2D eigenvalue weighted by atomic mass is 9.85. The van der Waals surface area contributed by atoms with Gasteiger partial charge in [-0.2, -0.15) is 8.78 Å². The number of rotatable bonds is 3. The number of aromatic nitrogens is 2. The third-order valence-electron chi connectivity index (χ3n) is 8.74. The monoisotopic (exact) mass is 616 g/mol. The second kappa shape index (κ2) is 11.9. The van der Waals surface area contributed by atoms with Gasteiger partial charge in [-0.3, -0.25) is 9.59 Å². The summed E-state index contributed by atoms with van der Waals surface area (Å²) < 4.78 is 47.3. The third-order valence-corrected chi connectivity index (χ3v) is 8.74. The molecule has 0 radical (unpaired) electrons. The Kier molecular flexibility index (Phi) is 8.52. The first-order valence-corrected chi connectivity index (χ1v) is 14.9. The number of alkyl carbamates (subject to hydrolysis) is 1. The van der Waals surface area contributed by atoms with E-state index in [4.69, 9.17) is 14.2 Å². The fourth-order valence-electron chi connectivity index (χ4n) is 6.01. The van der Waals surface area contributed by atoms with Gasteiger partial charge in [0.1, 0.15) is 36.0 Å². The first-order valence-electron chi connectivity index (χ1n) is 14.9. The van der Waals surface area contributed by atoms with Gasteiger partial charge in [0.2, 0.25) is 17.6 Å². The molecule has 11 nitrogen and oxygen atoms in total. The van der Waals surface area contributed by atoms with Crippen molar-refractivity contribution >= 4 is 35.1 Å². The Hall–Kier alpha value is -3.90. The molecule has 3 aliphatic rings. The molecule has 6 atom stereocenters. The van der Waals surface area contributed by atoms with Gasteiger partial charge in [-0.1, -0.05) is 27.7 Å². The Labute approximate surface area is 254 Å². The molecule has 44 heavy (non-hydrogen) atoms. The van der Waals surface area contributed by atoms with E-state index in [0.717, 1.165) is 0 Å². The number of aldehydes is 1. The van der Waals surface area contributed by atoms with Gasteiger partial charge >= 0.3 is 12.0 Å². The summed E-state index contributed by atoms with van der Waals surface area (Å²) >= 11 is 0. The van der Waals surface area contributed by atoms with E-state index in [2.05, 4.69) is 15.3 Å². The molecule has 3 heterocycles. The summed E-state index contributed by atoms with van der Waals surface area (Å²) in [7, 11) is 1.50. The van der Waals surface area contributed by atoms with Crippen LogP contribution in [-0.2, 0) is 25.5 Å². The van der Waals surface area contributed by atoms with Crippen LogP contribution >= 0.6 is 0 Å². The number of nitrogens with zero attached hydrogens (tertiary/aromatic N) is 3. The number of aryl methyl sites for hydroxylation is 1. The molecule has 13 heteroatoms. The number of ketones is 1. The van der Waals surface area contributed by atoms with Gasteiger partial charge in [-0.15, -0.1) is 0 Å². The maximum absolute atomic E-state index is 15.1. The Morgan fingerprint density at radius 1 is 1.14 bits per heavy atom. The zero-order valence-electron chi connectivity index (χ0n) is 25.5. The molecule has 2 bridgehead atoms. The fourth-order valence-corrected chi connectivity index (χ4v) is 6.01. The molecule has 1 saturated carbocycles. The summed E-state index contributed by atoms with van der Waals surface area (Å²) in [6.45, 7) is 7.15. The van der Waals surface area contributed by atoms with Crippen LogP contribution in [0.4, 0.5) is 13.6 Å². The number of alkyl halides is 2. The number of ether oxygens (including phenoxy) is 3. The number of nitrogens with one attached hydrogen (secondary N) is 1. The lowest BCUT2D eigenvalue weighted by Gasteiger charge is -2.34. The maximum Gasteiger partial charge on any atom is 0.408 e.